The quantitative estimate of drug-likeness (QED) is 0.0132. The van der Waals surface area contributed by atoms with Crippen LogP contribution in [0.1, 0.15) is 95.1 Å². The van der Waals surface area contributed by atoms with Crippen molar-refractivity contribution in [3.05, 3.63) is 47.2 Å². The molecular formula is C48H79F3N16O11. The van der Waals surface area contributed by atoms with Crippen molar-refractivity contribution in [2.24, 2.45) is 45.1 Å². The first kappa shape index (κ1) is 67.1. The fourth-order valence-electron chi connectivity index (χ4n) is 7.95. The largest absolute Gasteiger partial charge is 0.477 e. The molecule has 8 amide bonds. The van der Waals surface area contributed by atoms with Gasteiger partial charge in [-0.05, 0) is 121 Å². The summed E-state index contributed by atoms with van der Waals surface area (Å²) in [5.41, 5.74) is 37.9. The Hall–Kier alpha value is -6.99. The number of nitrogens with zero attached hydrogens (tertiary/aromatic N) is 2. The predicted octanol–water partition coefficient (Wildman–Crippen LogP) is -4.42. The maximum Gasteiger partial charge on any atom is 0.416 e. The van der Waals surface area contributed by atoms with Crippen molar-refractivity contribution in [3.63, 3.8) is 0 Å². The summed E-state index contributed by atoms with van der Waals surface area (Å²) in [7, 11) is 0. The molecule has 0 spiro atoms. The molecule has 0 bridgehead atoms. The number of amides is 8. The molecule has 1 aliphatic heterocycles. The van der Waals surface area contributed by atoms with E-state index in [9.17, 15) is 66.5 Å². The Labute approximate surface area is 449 Å². The van der Waals surface area contributed by atoms with Gasteiger partial charge in [0.2, 0.25) is 47.3 Å². The van der Waals surface area contributed by atoms with Gasteiger partial charge in [-0.3, -0.25) is 43.3 Å². The molecule has 8 atom stereocenters. The lowest BCUT2D eigenvalue weighted by Crippen LogP contribution is -2.60. The van der Waals surface area contributed by atoms with Gasteiger partial charge >= 0.3 is 12.1 Å². The van der Waals surface area contributed by atoms with E-state index in [0.717, 1.165) is 18.2 Å². The van der Waals surface area contributed by atoms with E-state index in [-0.39, 0.29) is 89.9 Å². The number of rotatable bonds is 35. The third-order valence-corrected chi connectivity index (χ3v) is 12.3. The molecule has 23 N–H and O–H groups in total. The third-order valence-electron chi connectivity index (χ3n) is 12.3. The van der Waals surface area contributed by atoms with Crippen molar-refractivity contribution in [2.75, 3.05) is 45.8 Å². The number of benzene rings is 1. The Morgan fingerprint density at radius 3 is 1.96 bits per heavy atom. The zero-order valence-corrected chi connectivity index (χ0v) is 43.8. The molecule has 1 fully saturated rings. The van der Waals surface area contributed by atoms with Crippen LogP contribution in [-0.4, -0.2) is 169 Å². The van der Waals surface area contributed by atoms with E-state index in [2.05, 4.69) is 42.2 Å². The molecule has 0 radical (unpaired) electrons. The predicted molar refractivity (Wildman–Crippen MR) is 279 cm³/mol. The van der Waals surface area contributed by atoms with Gasteiger partial charge in [-0.1, -0.05) is 24.6 Å². The number of aliphatic carboxylic acids is 1. The number of halogens is 3. The highest BCUT2D eigenvalue weighted by Crippen LogP contribution is 2.29. The monoisotopic (exact) mass is 1110 g/mol. The second-order valence-corrected chi connectivity index (χ2v) is 18.5. The molecule has 1 aromatic carbocycles. The summed E-state index contributed by atoms with van der Waals surface area (Å²) >= 11 is 0. The fourth-order valence-corrected chi connectivity index (χ4v) is 7.95. The number of carbonyl (C=O) groups is 9. The summed E-state index contributed by atoms with van der Waals surface area (Å²) in [5, 5.41) is 37.3. The number of nitrogens with one attached hydrogen (secondary N) is 7. The SMILES string of the molecule is C[C@H](NC(=O)[C@@H](NC(=O)[C@@H](N)CCCCN)[C@@H](O)CN)C(=O)NCC(=O)N[C@H](CCCN)C(=O)N1CCC[C@H]1C(=O)N[C@@H](CCc1ccc(C(F)(F)F)cc1)C(=O)N[C@@H](CCCCN)C(=O)N/C(=C\CCN=C(N)N)C(=O)O. The van der Waals surface area contributed by atoms with Gasteiger partial charge in [-0.25, -0.2) is 4.79 Å². The highest BCUT2D eigenvalue weighted by Gasteiger charge is 2.40. The van der Waals surface area contributed by atoms with Crippen molar-refractivity contribution in [2.45, 2.75) is 145 Å². The molecule has 0 saturated carbocycles. The molecule has 1 aliphatic rings. The number of nitrogens with two attached hydrogens (primary N) is 7. The summed E-state index contributed by atoms with van der Waals surface area (Å²) in [6.07, 6.45) is -2.69. The van der Waals surface area contributed by atoms with Crippen LogP contribution in [0.3, 0.4) is 0 Å². The first-order valence-corrected chi connectivity index (χ1v) is 25.7. The van der Waals surface area contributed by atoms with Crippen LogP contribution < -0.4 is 77.4 Å². The number of aliphatic imine (C=N–C) groups is 1. The molecule has 1 heterocycles. The second kappa shape index (κ2) is 34.7. The number of hydrogen-bond acceptors (Lipinski definition) is 16. The molecule has 1 aromatic rings. The number of aryl methyl sites for hydroxylation is 1. The Morgan fingerprint density at radius 2 is 1.37 bits per heavy atom. The van der Waals surface area contributed by atoms with Crippen LogP contribution in [0.25, 0.3) is 0 Å². The Morgan fingerprint density at radius 1 is 0.756 bits per heavy atom. The first-order valence-electron chi connectivity index (χ1n) is 25.7. The molecule has 27 nitrogen and oxygen atoms in total. The summed E-state index contributed by atoms with van der Waals surface area (Å²) < 4.78 is 40.1. The fraction of sp³-hybridized carbons (Fsp3) is 0.625. The lowest BCUT2D eigenvalue weighted by atomic mass is 10.0. The Balaban J connectivity index is 2.31. The topological polar surface area (TPSA) is 476 Å². The summed E-state index contributed by atoms with van der Waals surface area (Å²) in [5.74, 6) is -8.61. The number of carbonyl (C=O) groups excluding carboxylic acids is 8. The standard InChI is InChI=1S/C48H79F3N16O11/c1-27(61-44(75)38(36(68)25-55)66-40(71)30(56)9-2-4-20-52)39(70)60-26-37(69)62-33(11-6-22-54)45(76)67-24-8-13-35(67)43(74)64-32(19-16-28-14-17-29(18-15-28)48(49,50)51)42(73)63-31(10-3-5-21-53)41(72)65-34(46(77)78)12-7-23-59-47(57)58/h12,14-15,17-18,27,30-33,35-36,38,68H,2-11,13,16,19-26,52-56H2,1H3,(H,60,70)(H,61,75)(H,62,69)(H,63,73)(H,64,74)(H,65,72)(H,66,71)(H,77,78)(H4,57,58,59)/b34-12-/t27-,30-,31-,32-,33+,35-,36-,38-/m0/s1. The first-order chi connectivity index (χ1) is 36.9. The van der Waals surface area contributed by atoms with Crippen molar-refractivity contribution < 1.29 is 66.5 Å². The molecule has 78 heavy (non-hydrogen) atoms. The smallest absolute Gasteiger partial charge is 0.416 e. The van der Waals surface area contributed by atoms with E-state index in [1.54, 1.807) is 0 Å². The van der Waals surface area contributed by atoms with Crippen LogP contribution in [0.5, 0.6) is 0 Å². The Bertz CT molecular complexity index is 2220. The molecule has 30 heteroatoms. The highest BCUT2D eigenvalue weighted by atomic mass is 19.4. The van der Waals surface area contributed by atoms with E-state index in [4.69, 9.17) is 40.1 Å². The number of carboxylic acid groups (broad SMARTS) is 1. The van der Waals surface area contributed by atoms with Gasteiger partial charge in [-0.2, -0.15) is 13.2 Å². The number of likely N-dealkylation sites (tertiary alicyclic amines) is 1. The van der Waals surface area contributed by atoms with E-state index < -0.39 is 132 Å². The number of alkyl halides is 3. The van der Waals surface area contributed by atoms with Gasteiger partial charge in [0.25, 0.3) is 0 Å². The molecular weight excluding hydrogens is 1030 g/mol. The van der Waals surface area contributed by atoms with E-state index in [1.165, 1.54) is 24.0 Å². The molecule has 2 rings (SSSR count). The molecule has 438 valence electrons. The number of carboxylic acids is 1. The lowest BCUT2D eigenvalue weighted by molar-refractivity contribution is -0.142. The van der Waals surface area contributed by atoms with Crippen LogP contribution in [0, 0.1) is 0 Å². The van der Waals surface area contributed by atoms with Crippen molar-refractivity contribution in [1.29, 1.82) is 0 Å². The maximum atomic E-state index is 14.2. The Kier molecular flexibility index (Phi) is 29.9. The third kappa shape index (κ3) is 23.7. The van der Waals surface area contributed by atoms with Crippen LogP contribution in [0.2, 0.25) is 0 Å². The van der Waals surface area contributed by atoms with Crippen molar-refractivity contribution in [1.82, 2.24) is 42.1 Å². The molecule has 0 aliphatic carbocycles. The van der Waals surface area contributed by atoms with E-state index in [0.29, 0.717) is 37.8 Å². The lowest BCUT2D eigenvalue weighted by Gasteiger charge is -2.30. The van der Waals surface area contributed by atoms with Gasteiger partial charge in [0.1, 0.15) is 41.9 Å². The van der Waals surface area contributed by atoms with Crippen LogP contribution in [0.15, 0.2) is 41.0 Å². The number of hydrogen-bond donors (Lipinski definition) is 16. The molecule has 0 unspecified atom stereocenters. The highest BCUT2D eigenvalue weighted by molar-refractivity contribution is 5.99. The summed E-state index contributed by atoms with van der Waals surface area (Å²) in [6.45, 7) is 0.825. The van der Waals surface area contributed by atoms with Gasteiger partial charge in [-0.15, -0.1) is 0 Å². The number of aliphatic hydroxyl groups excluding tert-OH is 1. The van der Waals surface area contributed by atoms with Crippen molar-refractivity contribution in [3.8, 4) is 0 Å². The molecule has 1 saturated heterocycles. The van der Waals surface area contributed by atoms with Crippen molar-refractivity contribution >= 4 is 59.2 Å². The summed E-state index contributed by atoms with van der Waals surface area (Å²) in [4.78, 5) is 125. The number of unbranched alkanes of at least 4 members (excludes halogenated alkanes) is 2. The zero-order chi connectivity index (χ0) is 58.5. The maximum absolute atomic E-state index is 14.2. The minimum Gasteiger partial charge on any atom is -0.477 e. The minimum atomic E-state index is -4.63. The zero-order valence-electron chi connectivity index (χ0n) is 43.8. The average molecular weight is 1110 g/mol. The van der Waals surface area contributed by atoms with E-state index in [1.807, 2.05) is 0 Å². The van der Waals surface area contributed by atoms with Gasteiger partial charge in [0.15, 0.2) is 5.96 Å². The van der Waals surface area contributed by atoms with Crippen LogP contribution in [0.4, 0.5) is 13.2 Å². The van der Waals surface area contributed by atoms with Crippen LogP contribution >= 0.6 is 0 Å². The number of aliphatic hydroxyl groups is 1. The number of guanidine groups is 1. The minimum absolute atomic E-state index is 0.00586. The normalized spacial score (nSPS) is 16.2. The second-order valence-electron chi connectivity index (χ2n) is 18.5. The van der Waals surface area contributed by atoms with E-state index >= 15 is 0 Å². The van der Waals surface area contributed by atoms with Gasteiger partial charge < -0.3 is 92.5 Å². The van der Waals surface area contributed by atoms with Crippen LogP contribution in [-0.2, 0) is 55.7 Å². The summed E-state index contributed by atoms with van der Waals surface area (Å²) in [6, 6.07) is -5.21. The van der Waals surface area contributed by atoms with Gasteiger partial charge in [0.05, 0.1) is 24.3 Å². The average Bonchev–Trinajstić information content (AvgIpc) is 3.90. The molecule has 0 aromatic heterocycles. The van der Waals surface area contributed by atoms with Gasteiger partial charge in [0, 0.05) is 19.6 Å².